The van der Waals surface area contributed by atoms with Crippen LogP contribution in [-0.4, -0.2) is 31.4 Å². The smallest absolute Gasteiger partial charge is 0.211 e. The van der Waals surface area contributed by atoms with Gasteiger partial charge in [-0.3, -0.25) is 4.79 Å². The van der Waals surface area contributed by atoms with Crippen molar-refractivity contribution in [1.82, 2.24) is 4.90 Å². The van der Waals surface area contributed by atoms with Crippen LogP contribution in [0.2, 0.25) is 0 Å². The van der Waals surface area contributed by atoms with Gasteiger partial charge >= 0.3 is 0 Å². The van der Waals surface area contributed by atoms with Gasteiger partial charge in [0.2, 0.25) is 6.41 Å². The number of aryl methyl sites for hydroxylation is 2. The van der Waals surface area contributed by atoms with E-state index >= 15 is 0 Å². The SMILES string of the molecule is CN1CCCCC1.Cc1cccc(C)c1NC=O. The van der Waals surface area contributed by atoms with Crippen LogP contribution in [0.15, 0.2) is 18.2 Å². The van der Waals surface area contributed by atoms with Gasteiger partial charge in [-0.05, 0) is 58.0 Å². The van der Waals surface area contributed by atoms with E-state index in [2.05, 4.69) is 17.3 Å². The fourth-order valence-electron chi connectivity index (χ4n) is 2.15. The number of nitrogens with zero attached hydrogens (tertiary/aromatic N) is 1. The Kier molecular flexibility index (Phi) is 6.44. The van der Waals surface area contributed by atoms with Crippen LogP contribution >= 0.6 is 0 Å². The van der Waals surface area contributed by atoms with Gasteiger partial charge in [-0.15, -0.1) is 0 Å². The first-order chi connectivity index (χ1) is 8.65. The minimum absolute atomic E-state index is 0.704. The lowest BCUT2D eigenvalue weighted by Crippen LogP contribution is -2.24. The predicted octanol–water partition coefficient (Wildman–Crippen LogP) is 2.97. The Labute approximate surface area is 110 Å². The first-order valence-corrected chi connectivity index (χ1v) is 6.60. The zero-order valence-electron chi connectivity index (χ0n) is 11.7. The summed E-state index contributed by atoms with van der Waals surface area (Å²) in [6, 6.07) is 5.91. The second-order valence-electron chi connectivity index (χ2n) is 4.89. The molecule has 1 aliphatic heterocycles. The Balaban J connectivity index is 0.000000199. The van der Waals surface area contributed by atoms with Crippen LogP contribution in [0.4, 0.5) is 5.69 Å². The number of amides is 1. The molecule has 2 rings (SSSR count). The largest absolute Gasteiger partial charge is 0.328 e. The van der Waals surface area contributed by atoms with Crippen LogP contribution in [0.25, 0.3) is 0 Å². The Bertz CT molecular complexity index is 351. The van der Waals surface area contributed by atoms with Gasteiger partial charge in [-0.1, -0.05) is 24.6 Å². The average molecular weight is 248 g/mol. The van der Waals surface area contributed by atoms with Gasteiger partial charge in [0.25, 0.3) is 0 Å². The molecule has 1 fully saturated rings. The summed E-state index contributed by atoms with van der Waals surface area (Å²) in [5, 5.41) is 2.66. The van der Waals surface area contributed by atoms with Crippen molar-refractivity contribution in [3.63, 3.8) is 0 Å². The van der Waals surface area contributed by atoms with Gasteiger partial charge in [0.05, 0.1) is 0 Å². The number of likely N-dealkylation sites (tertiary alicyclic amines) is 1. The van der Waals surface area contributed by atoms with Crippen molar-refractivity contribution in [3.05, 3.63) is 29.3 Å². The molecule has 0 radical (unpaired) electrons. The lowest BCUT2D eigenvalue weighted by atomic mass is 10.1. The van der Waals surface area contributed by atoms with Crippen molar-refractivity contribution in [2.45, 2.75) is 33.1 Å². The van der Waals surface area contributed by atoms with Crippen molar-refractivity contribution in [1.29, 1.82) is 0 Å². The van der Waals surface area contributed by atoms with E-state index in [9.17, 15) is 4.79 Å². The lowest BCUT2D eigenvalue weighted by molar-refractivity contribution is -0.105. The molecule has 1 heterocycles. The topological polar surface area (TPSA) is 32.3 Å². The minimum Gasteiger partial charge on any atom is -0.328 e. The van der Waals surface area contributed by atoms with E-state index in [-0.39, 0.29) is 0 Å². The van der Waals surface area contributed by atoms with E-state index in [0.29, 0.717) is 6.41 Å². The highest BCUT2D eigenvalue weighted by Crippen LogP contribution is 2.17. The molecular formula is C15H24N2O. The zero-order valence-corrected chi connectivity index (χ0v) is 11.7. The van der Waals surface area contributed by atoms with Crippen LogP contribution in [0.3, 0.4) is 0 Å². The number of hydrogen-bond acceptors (Lipinski definition) is 2. The van der Waals surface area contributed by atoms with E-state index in [4.69, 9.17) is 0 Å². The summed E-state index contributed by atoms with van der Waals surface area (Å²) in [7, 11) is 2.19. The highest BCUT2D eigenvalue weighted by Gasteiger charge is 2.02. The van der Waals surface area contributed by atoms with E-state index < -0.39 is 0 Å². The molecule has 1 aromatic rings. The minimum atomic E-state index is 0.704. The number of piperidine rings is 1. The van der Waals surface area contributed by atoms with Crippen molar-refractivity contribution in [2.24, 2.45) is 0 Å². The standard InChI is InChI=1S/C9H11NO.C6H13N/c1-7-4-3-5-8(2)9(7)10-6-11;1-7-5-3-2-4-6-7/h3-6H,1-2H3,(H,10,11);2-6H2,1H3. The highest BCUT2D eigenvalue weighted by molar-refractivity contribution is 5.75. The van der Waals surface area contributed by atoms with E-state index in [1.807, 2.05) is 32.0 Å². The van der Waals surface area contributed by atoms with Crippen molar-refractivity contribution >= 4 is 12.1 Å². The summed E-state index contributed by atoms with van der Waals surface area (Å²) in [4.78, 5) is 12.6. The average Bonchev–Trinajstić information content (AvgIpc) is 2.36. The van der Waals surface area contributed by atoms with Crippen LogP contribution in [0, 0.1) is 13.8 Å². The highest BCUT2D eigenvalue weighted by atomic mass is 16.1. The third-order valence-corrected chi connectivity index (χ3v) is 3.26. The molecule has 3 nitrogen and oxygen atoms in total. The first-order valence-electron chi connectivity index (χ1n) is 6.60. The normalized spacial score (nSPS) is 15.5. The molecule has 1 aliphatic rings. The fraction of sp³-hybridized carbons (Fsp3) is 0.533. The molecule has 3 heteroatoms. The van der Waals surface area contributed by atoms with E-state index in [0.717, 1.165) is 16.8 Å². The van der Waals surface area contributed by atoms with Crippen LogP contribution < -0.4 is 5.32 Å². The van der Waals surface area contributed by atoms with Gasteiger partial charge in [0, 0.05) is 5.69 Å². The monoisotopic (exact) mass is 248 g/mol. The van der Waals surface area contributed by atoms with Crippen molar-refractivity contribution in [3.8, 4) is 0 Å². The second kappa shape index (κ2) is 7.88. The molecule has 1 saturated heterocycles. The predicted molar refractivity (Wildman–Crippen MR) is 77.0 cm³/mol. The number of rotatable bonds is 2. The van der Waals surface area contributed by atoms with Crippen LogP contribution in [0.1, 0.15) is 30.4 Å². The van der Waals surface area contributed by atoms with Gasteiger partial charge in [0.15, 0.2) is 0 Å². The van der Waals surface area contributed by atoms with Gasteiger partial charge in [-0.2, -0.15) is 0 Å². The molecule has 18 heavy (non-hydrogen) atoms. The lowest BCUT2D eigenvalue weighted by Gasteiger charge is -2.20. The molecule has 1 amide bonds. The maximum atomic E-state index is 10.2. The molecule has 0 bridgehead atoms. The van der Waals surface area contributed by atoms with Crippen molar-refractivity contribution < 1.29 is 4.79 Å². The van der Waals surface area contributed by atoms with E-state index in [1.165, 1.54) is 32.4 Å². The van der Waals surface area contributed by atoms with Crippen LogP contribution in [-0.2, 0) is 4.79 Å². The fourth-order valence-corrected chi connectivity index (χ4v) is 2.15. The molecule has 0 atom stereocenters. The number of para-hydroxylation sites is 1. The number of hydrogen-bond donors (Lipinski definition) is 1. The summed E-state index contributed by atoms with van der Waals surface area (Å²) in [5.41, 5.74) is 3.11. The Hall–Kier alpha value is -1.35. The third-order valence-electron chi connectivity index (χ3n) is 3.26. The summed E-state index contributed by atoms with van der Waals surface area (Å²) >= 11 is 0. The molecule has 1 aromatic carbocycles. The quantitative estimate of drug-likeness (QED) is 0.816. The summed E-state index contributed by atoms with van der Waals surface area (Å²) in [6.07, 6.45) is 4.98. The maximum absolute atomic E-state index is 10.2. The number of benzene rings is 1. The number of carbonyl (C=O) groups excluding carboxylic acids is 1. The van der Waals surface area contributed by atoms with Crippen LogP contribution in [0.5, 0.6) is 0 Å². The molecule has 0 spiro atoms. The Morgan fingerprint density at radius 2 is 1.67 bits per heavy atom. The van der Waals surface area contributed by atoms with E-state index in [1.54, 1.807) is 0 Å². The molecule has 0 saturated carbocycles. The second-order valence-corrected chi connectivity index (χ2v) is 4.89. The van der Waals surface area contributed by atoms with Gasteiger partial charge in [0.1, 0.15) is 0 Å². The molecule has 1 N–H and O–H groups in total. The van der Waals surface area contributed by atoms with Gasteiger partial charge < -0.3 is 10.2 Å². The summed E-state index contributed by atoms with van der Waals surface area (Å²) in [6.45, 7) is 6.58. The van der Waals surface area contributed by atoms with Crippen molar-refractivity contribution in [2.75, 3.05) is 25.5 Å². The molecule has 0 aromatic heterocycles. The molecule has 100 valence electrons. The van der Waals surface area contributed by atoms with Gasteiger partial charge in [-0.25, -0.2) is 0 Å². The molecule has 0 unspecified atom stereocenters. The first kappa shape index (κ1) is 14.7. The Morgan fingerprint density at radius 3 is 2.06 bits per heavy atom. The zero-order chi connectivity index (χ0) is 13.4. The number of carbonyl (C=O) groups is 1. The maximum Gasteiger partial charge on any atom is 0.211 e. The number of nitrogens with one attached hydrogen (secondary N) is 1. The Morgan fingerprint density at radius 1 is 1.11 bits per heavy atom. The molecule has 0 aliphatic carbocycles. The third kappa shape index (κ3) is 4.88. The summed E-state index contributed by atoms with van der Waals surface area (Å²) in [5.74, 6) is 0. The number of anilines is 1. The summed E-state index contributed by atoms with van der Waals surface area (Å²) < 4.78 is 0. The molecular weight excluding hydrogens is 224 g/mol.